The van der Waals surface area contributed by atoms with E-state index in [4.69, 9.17) is 16.6 Å². The van der Waals surface area contributed by atoms with Crippen LogP contribution in [0.2, 0.25) is 18.1 Å². The first-order valence-electron chi connectivity index (χ1n) is 7.56. The number of nitrogens with zero attached hydrogens (tertiary/aromatic N) is 4. The number of aromatic nitrogens is 4. The second kappa shape index (κ2) is 6.27. The lowest BCUT2D eigenvalue weighted by Crippen LogP contribution is -2.42. The molecular formula is C13H27N5OSSi-. The van der Waals surface area contributed by atoms with Gasteiger partial charge in [-0.1, -0.05) is 31.1 Å². The fourth-order valence-corrected chi connectivity index (χ4v) is 3.58. The lowest BCUT2D eigenvalue weighted by molar-refractivity contribution is 0.217. The highest BCUT2D eigenvalue weighted by Crippen LogP contribution is 2.36. The summed E-state index contributed by atoms with van der Waals surface area (Å²) in [5.41, 5.74) is 0. The van der Waals surface area contributed by atoms with Gasteiger partial charge >= 0.3 is 0 Å². The van der Waals surface area contributed by atoms with Crippen molar-refractivity contribution in [2.45, 2.75) is 51.4 Å². The molecule has 1 aliphatic rings. The average Bonchev–Trinajstić information content (AvgIpc) is 2.96. The van der Waals surface area contributed by atoms with Gasteiger partial charge < -0.3 is 4.43 Å². The van der Waals surface area contributed by atoms with Crippen LogP contribution in [-0.2, 0) is 4.43 Å². The first-order chi connectivity index (χ1) is 9.71. The van der Waals surface area contributed by atoms with E-state index in [0.29, 0.717) is 10.8 Å². The smallest absolute Gasteiger partial charge is 0.238 e. The molecule has 121 valence electrons. The Morgan fingerprint density at radius 3 is 2.71 bits per heavy atom. The Balaban J connectivity index is 1.79. The van der Waals surface area contributed by atoms with Crippen molar-refractivity contribution in [3.8, 4) is 0 Å². The van der Waals surface area contributed by atoms with Gasteiger partial charge in [0.15, 0.2) is 0 Å². The van der Waals surface area contributed by atoms with E-state index < -0.39 is 8.32 Å². The summed E-state index contributed by atoms with van der Waals surface area (Å²) in [4.78, 5) is 2.43. The molecule has 1 N–H and O–H groups in total. The quantitative estimate of drug-likeness (QED) is 0.665. The van der Waals surface area contributed by atoms with E-state index in [9.17, 15) is 0 Å². The third kappa shape index (κ3) is 4.00. The molecule has 21 heavy (non-hydrogen) atoms. The lowest BCUT2D eigenvalue weighted by Gasteiger charge is -2.48. The second-order valence-corrected chi connectivity index (χ2v) is 12.5. The Morgan fingerprint density at radius 1 is 1.43 bits per heavy atom. The van der Waals surface area contributed by atoms with Gasteiger partial charge in [0.2, 0.25) is 4.77 Å². The zero-order chi connectivity index (χ0) is 15.7. The SMILES string of the molecule is CC(C)(C)[Si-](C)(C)OCCN1CCC(n2[nH]nnc2=S)C1. The van der Waals surface area contributed by atoms with Crippen molar-refractivity contribution in [3.63, 3.8) is 0 Å². The van der Waals surface area contributed by atoms with Crippen molar-refractivity contribution in [1.82, 2.24) is 25.1 Å². The first kappa shape index (κ1) is 16.8. The zero-order valence-electron chi connectivity index (χ0n) is 13.7. The average molecular weight is 330 g/mol. The molecule has 6 nitrogen and oxygen atoms in total. The van der Waals surface area contributed by atoms with Crippen molar-refractivity contribution in [2.24, 2.45) is 0 Å². The fraction of sp³-hybridized carbons (Fsp3) is 0.923. The lowest BCUT2D eigenvalue weighted by atomic mass is 10.2. The van der Waals surface area contributed by atoms with Crippen LogP contribution >= 0.6 is 12.2 Å². The number of likely N-dealkylation sites (tertiary alicyclic amines) is 1. The molecule has 1 aliphatic heterocycles. The number of nitrogens with one attached hydrogen (secondary N) is 1. The van der Waals surface area contributed by atoms with E-state index in [0.717, 1.165) is 32.7 Å². The van der Waals surface area contributed by atoms with E-state index in [-0.39, 0.29) is 5.04 Å². The minimum Gasteiger partial charge on any atom is -0.564 e. The van der Waals surface area contributed by atoms with Gasteiger partial charge in [0.05, 0.1) is 6.04 Å². The Labute approximate surface area is 133 Å². The van der Waals surface area contributed by atoms with Crippen LogP contribution < -0.4 is 0 Å². The Kier molecular flexibility index (Phi) is 5.02. The monoisotopic (exact) mass is 329 g/mol. The molecule has 0 spiro atoms. The standard InChI is InChI=1S/C13H27N5OSSi/c1-13(2,3)21(4,5)19-9-8-17-7-6-11(10-17)18-12(20)14-15-16-18/h11H,6-10H2,1-5H3,(H,14,16,20)/q-1. The summed E-state index contributed by atoms with van der Waals surface area (Å²) in [6.07, 6.45) is 1.08. The van der Waals surface area contributed by atoms with Gasteiger partial charge in [-0.2, -0.15) is 5.21 Å². The second-order valence-electron chi connectivity index (χ2n) is 7.30. The number of hydrogen-bond acceptors (Lipinski definition) is 5. The third-order valence-corrected chi connectivity index (χ3v) is 9.60. The summed E-state index contributed by atoms with van der Waals surface area (Å²) >= 11 is 5.16. The molecular weight excluding hydrogens is 302 g/mol. The molecule has 0 aliphatic carbocycles. The van der Waals surface area contributed by atoms with Crippen LogP contribution in [0.15, 0.2) is 0 Å². The Bertz CT molecular complexity index is 521. The zero-order valence-corrected chi connectivity index (χ0v) is 15.5. The maximum Gasteiger partial charge on any atom is 0.238 e. The van der Waals surface area contributed by atoms with Crippen LogP contribution in [0, 0.1) is 4.77 Å². The van der Waals surface area contributed by atoms with E-state index >= 15 is 0 Å². The van der Waals surface area contributed by atoms with Gasteiger partial charge in [0.25, 0.3) is 0 Å². The van der Waals surface area contributed by atoms with Crippen molar-refractivity contribution >= 4 is 20.5 Å². The van der Waals surface area contributed by atoms with Gasteiger partial charge in [0.1, 0.15) is 0 Å². The van der Waals surface area contributed by atoms with Gasteiger partial charge in [-0.25, -0.2) is 4.68 Å². The van der Waals surface area contributed by atoms with Crippen LogP contribution in [0.5, 0.6) is 0 Å². The highest BCUT2D eigenvalue weighted by molar-refractivity contribution is 7.71. The third-order valence-electron chi connectivity index (χ3n) is 4.78. The number of aromatic amines is 1. The molecule has 1 aromatic rings. The Hall–Kier alpha value is -0.573. The number of tetrazole rings is 1. The maximum absolute atomic E-state index is 6.24. The maximum atomic E-state index is 6.24. The van der Waals surface area contributed by atoms with E-state index in [1.165, 1.54) is 0 Å². The summed E-state index contributed by atoms with van der Waals surface area (Å²) in [5.74, 6) is 0. The summed E-state index contributed by atoms with van der Waals surface area (Å²) in [6, 6.07) is 0.361. The summed E-state index contributed by atoms with van der Waals surface area (Å²) < 4.78 is 8.68. The molecule has 1 aromatic heterocycles. The van der Waals surface area contributed by atoms with Crippen LogP contribution in [0.3, 0.4) is 0 Å². The van der Waals surface area contributed by atoms with Crippen molar-refractivity contribution in [1.29, 1.82) is 0 Å². The van der Waals surface area contributed by atoms with Crippen molar-refractivity contribution in [2.75, 3.05) is 26.2 Å². The van der Waals surface area contributed by atoms with Gasteiger partial charge in [-0.05, 0) is 27.0 Å². The molecule has 0 bridgehead atoms. The van der Waals surface area contributed by atoms with Crippen LogP contribution in [-0.4, -0.2) is 59.7 Å². The minimum absolute atomic E-state index is 0.273. The molecule has 8 heteroatoms. The molecule has 0 radical (unpaired) electrons. The number of rotatable bonds is 5. The van der Waals surface area contributed by atoms with E-state index in [1.807, 2.05) is 4.68 Å². The molecule has 2 heterocycles. The molecule has 0 saturated carbocycles. The molecule has 2 rings (SSSR count). The highest BCUT2D eigenvalue weighted by atomic mass is 32.1. The van der Waals surface area contributed by atoms with Crippen molar-refractivity contribution < 1.29 is 4.43 Å². The highest BCUT2D eigenvalue weighted by Gasteiger charge is 2.27. The fourth-order valence-electron chi connectivity index (χ4n) is 2.31. The van der Waals surface area contributed by atoms with E-state index in [1.54, 1.807) is 0 Å². The van der Waals surface area contributed by atoms with Crippen molar-refractivity contribution in [3.05, 3.63) is 4.77 Å². The minimum atomic E-state index is -1.63. The molecule has 0 amide bonds. The van der Waals surface area contributed by atoms with E-state index in [2.05, 4.69) is 54.3 Å². The predicted molar refractivity (Wildman–Crippen MR) is 88.4 cm³/mol. The Morgan fingerprint density at radius 2 is 2.14 bits per heavy atom. The first-order valence-corrected chi connectivity index (χ1v) is 10.9. The summed E-state index contributed by atoms with van der Waals surface area (Å²) in [6.45, 7) is 15.3. The molecule has 1 unspecified atom stereocenters. The van der Waals surface area contributed by atoms with Crippen LogP contribution in [0.25, 0.3) is 0 Å². The van der Waals surface area contributed by atoms with Gasteiger partial charge in [-0.3, -0.25) is 4.90 Å². The summed E-state index contributed by atoms with van der Waals surface area (Å²) in [7, 11) is -1.63. The molecule has 1 atom stereocenters. The summed E-state index contributed by atoms with van der Waals surface area (Å²) in [5, 5.41) is 10.7. The normalized spacial score (nSPS) is 21.1. The van der Waals surface area contributed by atoms with Crippen LogP contribution in [0.4, 0.5) is 0 Å². The van der Waals surface area contributed by atoms with Gasteiger partial charge in [0, 0.05) is 26.2 Å². The van der Waals surface area contributed by atoms with Crippen LogP contribution in [0.1, 0.15) is 33.2 Å². The van der Waals surface area contributed by atoms with Gasteiger partial charge in [-0.15, -0.1) is 18.1 Å². The topological polar surface area (TPSA) is 59.0 Å². The number of H-pyrrole nitrogens is 1. The molecule has 0 aromatic carbocycles. The molecule has 1 saturated heterocycles. The number of hydrogen-bond donors (Lipinski definition) is 1. The molecule has 1 fully saturated rings. The largest absolute Gasteiger partial charge is 0.564 e. The predicted octanol–water partition coefficient (Wildman–Crippen LogP) is 2.60.